The van der Waals surface area contributed by atoms with E-state index in [1.54, 1.807) is 10.9 Å². The predicted molar refractivity (Wildman–Crippen MR) is 79.0 cm³/mol. The van der Waals surface area contributed by atoms with E-state index in [0.29, 0.717) is 18.2 Å². The molecule has 1 aromatic heterocycles. The number of nitrogens with one attached hydrogen (secondary N) is 1. The lowest BCUT2D eigenvalue weighted by Crippen LogP contribution is -2.40. The molecule has 2 aliphatic rings. The number of fused-ring (bicyclic) bond motifs is 1. The van der Waals surface area contributed by atoms with E-state index in [4.69, 9.17) is 4.74 Å². The van der Waals surface area contributed by atoms with Gasteiger partial charge in [0.25, 0.3) is 0 Å². The van der Waals surface area contributed by atoms with Gasteiger partial charge in [-0.05, 0) is 32.2 Å². The molecule has 1 aromatic rings. The number of carbonyl (C=O) groups is 1. The van der Waals surface area contributed by atoms with Crippen LogP contribution in [0.3, 0.4) is 0 Å². The smallest absolute Gasteiger partial charge is 0.341 e. The summed E-state index contributed by atoms with van der Waals surface area (Å²) in [6.07, 6.45) is 4.20. The number of hydrogen-bond acceptors (Lipinski definition) is 5. The Balaban J connectivity index is 1.70. The van der Waals surface area contributed by atoms with Crippen LogP contribution in [0.25, 0.3) is 0 Å². The third kappa shape index (κ3) is 2.96. The lowest BCUT2D eigenvalue weighted by atomic mass is 9.94. The average molecular weight is 292 g/mol. The van der Waals surface area contributed by atoms with Gasteiger partial charge >= 0.3 is 5.97 Å². The molecular weight excluding hydrogens is 268 g/mol. The third-order valence-corrected chi connectivity index (χ3v) is 4.61. The highest BCUT2D eigenvalue weighted by atomic mass is 16.5. The van der Waals surface area contributed by atoms with Crippen molar-refractivity contribution >= 4 is 5.97 Å². The molecule has 0 saturated carbocycles. The molecule has 2 saturated heterocycles. The molecule has 3 rings (SSSR count). The summed E-state index contributed by atoms with van der Waals surface area (Å²) in [5, 5.41) is 7.83. The molecular formula is C15H24N4O2. The normalized spacial score (nSPS) is 25.8. The van der Waals surface area contributed by atoms with Gasteiger partial charge in [-0.1, -0.05) is 0 Å². The minimum atomic E-state index is -0.268. The summed E-state index contributed by atoms with van der Waals surface area (Å²) in [5.41, 5.74) is 1.55. The second-order valence-corrected chi connectivity index (χ2v) is 6.01. The van der Waals surface area contributed by atoms with Crippen LogP contribution in [0.4, 0.5) is 0 Å². The van der Waals surface area contributed by atoms with Crippen molar-refractivity contribution in [1.82, 2.24) is 20.0 Å². The Morgan fingerprint density at radius 1 is 1.52 bits per heavy atom. The zero-order valence-corrected chi connectivity index (χ0v) is 12.8. The highest BCUT2D eigenvalue weighted by Gasteiger charge is 2.35. The summed E-state index contributed by atoms with van der Waals surface area (Å²) in [6.45, 7) is 6.27. The molecule has 1 N–H and O–H groups in total. The van der Waals surface area contributed by atoms with Crippen molar-refractivity contribution in [3.8, 4) is 0 Å². The van der Waals surface area contributed by atoms with E-state index in [1.807, 2.05) is 14.0 Å². The number of nitrogens with zero attached hydrogens (tertiary/aromatic N) is 3. The Labute approximate surface area is 125 Å². The molecule has 0 amide bonds. The van der Waals surface area contributed by atoms with Gasteiger partial charge in [-0.2, -0.15) is 5.10 Å². The van der Waals surface area contributed by atoms with E-state index in [1.165, 1.54) is 12.8 Å². The number of esters is 1. The Morgan fingerprint density at radius 3 is 3.14 bits per heavy atom. The zero-order valence-electron chi connectivity index (χ0n) is 12.8. The van der Waals surface area contributed by atoms with Gasteiger partial charge in [-0.3, -0.25) is 9.58 Å². The predicted octanol–water partition coefficient (Wildman–Crippen LogP) is 0.781. The standard InChI is InChI=1S/C15H24N4O2/c1-3-21-15(20)12-7-17-18(2)14(12)10-19-8-11-5-4-6-16-13(11)9-19/h7,11,13,16H,3-6,8-10H2,1-2H3. The van der Waals surface area contributed by atoms with Crippen molar-refractivity contribution in [2.24, 2.45) is 13.0 Å². The highest BCUT2D eigenvalue weighted by molar-refractivity contribution is 5.90. The van der Waals surface area contributed by atoms with Crippen LogP contribution in [0.2, 0.25) is 0 Å². The molecule has 6 nitrogen and oxygen atoms in total. The van der Waals surface area contributed by atoms with Crippen LogP contribution in [0.5, 0.6) is 0 Å². The summed E-state index contributed by atoms with van der Waals surface area (Å²) in [6, 6.07) is 0.609. The van der Waals surface area contributed by atoms with Gasteiger partial charge in [0.15, 0.2) is 0 Å². The van der Waals surface area contributed by atoms with Gasteiger partial charge in [0.2, 0.25) is 0 Å². The molecule has 2 atom stereocenters. The summed E-state index contributed by atoms with van der Waals surface area (Å²) < 4.78 is 6.91. The van der Waals surface area contributed by atoms with E-state index >= 15 is 0 Å². The maximum absolute atomic E-state index is 12.0. The van der Waals surface area contributed by atoms with Gasteiger partial charge in [0, 0.05) is 32.7 Å². The summed E-state index contributed by atoms with van der Waals surface area (Å²) in [5.74, 6) is 0.480. The fraction of sp³-hybridized carbons (Fsp3) is 0.733. The van der Waals surface area contributed by atoms with Gasteiger partial charge in [0.05, 0.1) is 18.5 Å². The van der Waals surface area contributed by atoms with Crippen molar-refractivity contribution in [1.29, 1.82) is 0 Å². The molecule has 6 heteroatoms. The number of hydrogen-bond donors (Lipinski definition) is 1. The molecule has 0 aliphatic carbocycles. The Hall–Kier alpha value is -1.40. The van der Waals surface area contributed by atoms with Gasteiger partial charge in [-0.15, -0.1) is 0 Å². The number of rotatable bonds is 4. The molecule has 116 valence electrons. The quantitative estimate of drug-likeness (QED) is 0.831. The van der Waals surface area contributed by atoms with E-state index in [2.05, 4.69) is 15.3 Å². The van der Waals surface area contributed by atoms with E-state index in [0.717, 1.165) is 37.8 Å². The minimum Gasteiger partial charge on any atom is -0.462 e. The lowest BCUT2D eigenvalue weighted by molar-refractivity contribution is 0.0524. The summed E-state index contributed by atoms with van der Waals surface area (Å²) in [4.78, 5) is 14.4. The molecule has 2 aliphatic heterocycles. The maximum atomic E-state index is 12.0. The van der Waals surface area contributed by atoms with Gasteiger partial charge in [0.1, 0.15) is 5.56 Å². The summed E-state index contributed by atoms with van der Waals surface area (Å²) in [7, 11) is 1.89. The molecule has 21 heavy (non-hydrogen) atoms. The van der Waals surface area contributed by atoms with Crippen molar-refractivity contribution in [2.45, 2.75) is 32.4 Å². The van der Waals surface area contributed by atoms with Crippen molar-refractivity contribution in [3.05, 3.63) is 17.5 Å². The second-order valence-electron chi connectivity index (χ2n) is 6.01. The minimum absolute atomic E-state index is 0.268. The molecule has 0 aromatic carbocycles. The van der Waals surface area contributed by atoms with Crippen LogP contribution in [0, 0.1) is 5.92 Å². The molecule has 0 bridgehead atoms. The van der Waals surface area contributed by atoms with Crippen LogP contribution >= 0.6 is 0 Å². The fourth-order valence-electron chi connectivity index (χ4n) is 3.51. The monoisotopic (exact) mass is 292 g/mol. The first kappa shape index (κ1) is 14.5. The highest BCUT2D eigenvalue weighted by Crippen LogP contribution is 2.26. The Kier molecular flexibility index (Phi) is 4.26. The summed E-state index contributed by atoms with van der Waals surface area (Å²) >= 11 is 0. The molecule has 3 heterocycles. The van der Waals surface area contributed by atoms with Crippen molar-refractivity contribution in [2.75, 3.05) is 26.2 Å². The van der Waals surface area contributed by atoms with Gasteiger partial charge < -0.3 is 10.1 Å². The van der Waals surface area contributed by atoms with E-state index < -0.39 is 0 Å². The van der Waals surface area contributed by atoms with Crippen LogP contribution in [-0.4, -0.2) is 52.9 Å². The fourth-order valence-corrected chi connectivity index (χ4v) is 3.51. The first-order chi connectivity index (χ1) is 10.2. The first-order valence-electron chi connectivity index (χ1n) is 7.82. The molecule has 2 unspecified atom stereocenters. The zero-order chi connectivity index (χ0) is 14.8. The Bertz CT molecular complexity index is 500. The lowest BCUT2D eigenvalue weighted by Gasteiger charge is -2.24. The first-order valence-corrected chi connectivity index (χ1v) is 7.82. The topological polar surface area (TPSA) is 59.4 Å². The van der Waals surface area contributed by atoms with Crippen LogP contribution in [-0.2, 0) is 18.3 Å². The SMILES string of the molecule is CCOC(=O)c1cnn(C)c1CN1CC2CCCNC2C1. The third-order valence-electron chi connectivity index (χ3n) is 4.61. The molecule has 0 radical (unpaired) electrons. The largest absolute Gasteiger partial charge is 0.462 e. The van der Waals surface area contributed by atoms with Gasteiger partial charge in [-0.25, -0.2) is 4.79 Å². The number of likely N-dealkylation sites (tertiary alicyclic amines) is 1. The van der Waals surface area contributed by atoms with Crippen LogP contribution in [0.1, 0.15) is 35.8 Å². The van der Waals surface area contributed by atoms with E-state index in [-0.39, 0.29) is 5.97 Å². The van der Waals surface area contributed by atoms with E-state index in [9.17, 15) is 4.79 Å². The number of aryl methyl sites for hydroxylation is 1. The number of ether oxygens (including phenoxy) is 1. The van der Waals surface area contributed by atoms with Crippen LogP contribution in [0.15, 0.2) is 6.20 Å². The number of aromatic nitrogens is 2. The average Bonchev–Trinajstić information content (AvgIpc) is 3.03. The second kappa shape index (κ2) is 6.15. The molecule has 0 spiro atoms. The number of carbonyl (C=O) groups excluding carboxylic acids is 1. The van der Waals surface area contributed by atoms with Crippen molar-refractivity contribution in [3.63, 3.8) is 0 Å². The van der Waals surface area contributed by atoms with Crippen molar-refractivity contribution < 1.29 is 9.53 Å². The Morgan fingerprint density at radius 2 is 2.38 bits per heavy atom. The molecule has 2 fully saturated rings. The van der Waals surface area contributed by atoms with Crippen LogP contribution < -0.4 is 5.32 Å². The maximum Gasteiger partial charge on any atom is 0.341 e. The number of piperidine rings is 1.